The molecule has 0 saturated heterocycles. The largest absolute Gasteiger partial charge is 0.399 e. The van der Waals surface area contributed by atoms with Gasteiger partial charge >= 0.3 is 0 Å². The van der Waals surface area contributed by atoms with Crippen molar-refractivity contribution in [1.29, 1.82) is 0 Å². The van der Waals surface area contributed by atoms with Crippen molar-refractivity contribution in [3.05, 3.63) is 29.8 Å². The summed E-state index contributed by atoms with van der Waals surface area (Å²) >= 11 is 1.97. The maximum Gasteiger partial charge on any atom is 0.224 e. The minimum atomic E-state index is 0.123. The molecule has 1 aliphatic carbocycles. The third-order valence-corrected chi connectivity index (χ3v) is 4.85. The van der Waals surface area contributed by atoms with E-state index in [0.29, 0.717) is 17.7 Å². The van der Waals surface area contributed by atoms with E-state index in [1.54, 1.807) is 0 Å². The lowest BCUT2D eigenvalue weighted by Gasteiger charge is -2.20. The van der Waals surface area contributed by atoms with Crippen LogP contribution in [-0.2, 0) is 11.2 Å². The van der Waals surface area contributed by atoms with E-state index in [4.69, 9.17) is 5.73 Å². The molecule has 0 aromatic heterocycles. The predicted octanol–water partition coefficient (Wildman–Crippen LogP) is 2.60. The van der Waals surface area contributed by atoms with E-state index in [0.717, 1.165) is 23.4 Å². The Labute approximate surface area is 119 Å². The number of thioether (sulfide) groups is 1. The smallest absolute Gasteiger partial charge is 0.224 e. The maximum atomic E-state index is 12.1. The molecule has 2 rings (SSSR count). The number of hydrogen-bond acceptors (Lipinski definition) is 3. The van der Waals surface area contributed by atoms with Gasteiger partial charge in [-0.15, -0.1) is 0 Å². The van der Waals surface area contributed by atoms with Gasteiger partial charge in [0.2, 0.25) is 5.91 Å². The lowest BCUT2D eigenvalue weighted by atomic mass is 10.1. The van der Waals surface area contributed by atoms with Gasteiger partial charge in [0.05, 0.1) is 6.42 Å². The van der Waals surface area contributed by atoms with Gasteiger partial charge in [0, 0.05) is 17.0 Å². The fraction of sp³-hybridized carbons (Fsp3) is 0.533. The average molecular weight is 278 g/mol. The van der Waals surface area contributed by atoms with Crippen molar-refractivity contribution < 1.29 is 4.79 Å². The Morgan fingerprint density at radius 2 is 2.11 bits per heavy atom. The molecule has 3 nitrogen and oxygen atoms in total. The van der Waals surface area contributed by atoms with E-state index in [1.165, 1.54) is 12.8 Å². The molecule has 104 valence electrons. The molecular weight excluding hydrogens is 256 g/mol. The second-order valence-corrected chi connectivity index (χ2v) is 6.53. The minimum Gasteiger partial charge on any atom is -0.399 e. The Bertz CT molecular complexity index is 419. The maximum absolute atomic E-state index is 12.1. The zero-order valence-corrected chi connectivity index (χ0v) is 12.2. The van der Waals surface area contributed by atoms with Crippen LogP contribution in [0.15, 0.2) is 24.3 Å². The van der Waals surface area contributed by atoms with E-state index in [1.807, 2.05) is 36.0 Å². The minimum absolute atomic E-state index is 0.123. The van der Waals surface area contributed by atoms with Crippen molar-refractivity contribution in [2.24, 2.45) is 0 Å². The summed E-state index contributed by atoms with van der Waals surface area (Å²) in [6.45, 7) is 2.18. The fourth-order valence-corrected chi connectivity index (χ4v) is 3.78. The van der Waals surface area contributed by atoms with Crippen molar-refractivity contribution >= 4 is 23.4 Å². The molecule has 4 heteroatoms. The number of carbonyl (C=O) groups excluding carboxylic acids is 1. The molecule has 0 bridgehead atoms. The fourth-order valence-electron chi connectivity index (χ4n) is 2.58. The van der Waals surface area contributed by atoms with Crippen molar-refractivity contribution in [2.45, 2.75) is 43.9 Å². The number of anilines is 1. The molecule has 0 spiro atoms. The summed E-state index contributed by atoms with van der Waals surface area (Å²) in [5.41, 5.74) is 7.39. The molecular formula is C15H22N2OS. The summed E-state index contributed by atoms with van der Waals surface area (Å²) in [7, 11) is 0. The van der Waals surface area contributed by atoms with E-state index in [-0.39, 0.29) is 5.91 Å². The van der Waals surface area contributed by atoms with Crippen LogP contribution in [0.3, 0.4) is 0 Å². The van der Waals surface area contributed by atoms with Crippen LogP contribution in [0.2, 0.25) is 0 Å². The Kier molecular flexibility index (Phi) is 5.14. The third-order valence-electron chi connectivity index (χ3n) is 3.52. The molecule has 0 heterocycles. The highest BCUT2D eigenvalue weighted by atomic mass is 32.2. The van der Waals surface area contributed by atoms with Crippen LogP contribution in [-0.4, -0.2) is 23.0 Å². The van der Waals surface area contributed by atoms with Crippen LogP contribution in [0.5, 0.6) is 0 Å². The summed E-state index contributed by atoms with van der Waals surface area (Å²) in [6.07, 6.45) is 4.02. The van der Waals surface area contributed by atoms with Gasteiger partial charge < -0.3 is 11.1 Å². The van der Waals surface area contributed by atoms with Crippen LogP contribution >= 0.6 is 11.8 Å². The molecule has 2 unspecified atom stereocenters. The summed E-state index contributed by atoms with van der Waals surface area (Å²) in [5.74, 6) is 1.24. The van der Waals surface area contributed by atoms with Gasteiger partial charge in [-0.1, -0.05) is 25.5 Å². The molecule has 1 fully saturated rings. The zero-order chi connectivity index (χ0) is 13.7. The number of benzene rings is 1. The summed E-state index contributed by atoms with van der Waals surface area (Å²) in [5, 5.41) is 3.78. The first-order chi connectivity index (χ1) is 9.19. The first kappa shape index (κ1) is 14.3. The monoisotopic (exact) mass is 278 g/mol. The first-order valence-electron chi connectivity index (χ1n) is 6.94. The van der Waals surface area contributed by atoms with Gasteiger partial charge in [-0.2, -0.15) is 11.8 Å². The normalized spacial score (nSPS) is 22.4. The van der Waals surface area contributed by atoms with Gasteiger partial charge in [-0.25, -0.2) is 0 Å². The van der Waals surface area contributed by atoms with E-state index in [9.17, 15) is 4.79 Å². The number of hydrogen-bond donors (Lipinski definition) is 2. The zero-order valence-electron chi connectivity index (χ0n) is 11.4. The van der Waals surface area contributed by atoms with Gasteiger partial charge in [0.1, 0.15) is 0 Å². The lowest BCUT2D eigenvalue weighted by Crippen LogP contribution is -2.39. The second kappa shape index (κ2) is 6.85. The molecule has 1 amide bonds. The van der Waals surface area contributed by atoms with Crippen LogP contribution in [0.1, 0.15) is 31.7 Å². The van der Waals surface area contributed by atoms with E-state index < -0.39 is 0 Å². The SMILES string of the molecule is CCSC1CCCC1NC(=O)Cc1ccc(N)cc1. The molecule has 1 aromatic carbocycles. The van der Waals surface area contributed by atoms with Gasteiger partial charge in [0.15, 0.2) is 0 Å². The second-order valence-electron chi connectivity index (χ2n) is 5.02. The molecule has 19 heavy (non-hydrogen) atoms. The summed E-state index contributed by atoms with van der Waals surface area (Å²) in [4.78, 5) is 12.1. The quantitative estimate of drug-likeness (QED) is 0.814. The van der Waals surface area contributed by atoms with Crippen LogP contribution in [0, 0.1) is 0 Å². The molecule has 1 aromatic rings. The van der Waals surface area contributed by atoms with Gasteiger partial charge in [-0.05, 0) is 36.3 Å². The third kappa shape index (κ3) is 4.16. The van der Waals surface area contributed by atoms with Crippen LogP contribution < -0.4 is 11.1 Å². The Morgan fingerprint density at radius 1 is 1.37 bits per heavy atom. The Hall–Kier alpha value is -1.16. The molecule has 0 aliphatic heterocycles. The van der Waals surface area contributed by atoms with E-state index in [2.05, 4.69) is 12.2 Å². The number of nitrogen functional groups attached to an aromatic ring is 1. The summed E-state index contributed by atoms with van der Waals surface area (Å²) < 4.78 is 0. The number of rotatable bonds is 5. The highest BCUT2D eigenvalue weighted by Crippen LogP contribution is 2.29. The number of nitrogens with two attached hydrogens (primary N) is 1. The number of nitrogens with one attached hydrogen (secondary N) is 1. The number of carbonyl (C=O) groups is 1. The summed E-state index contributed by atoms with van der Waals surface area (Å²) in [6, 6.07) is 7.87. The van der Waals surface area contributed by atoms with Crippen molar-refractivity contribution in [3.63, 3.8) is 0 Å². The first-order valence-corrected chi connectivity index (χ1v) is 7.99. The van der Waals surface area contributed by atoms with Gasteiger partial charge in [-0.3, -0.25) is 4.79 Å². The van der Waals surface area contributed by atoms with E-state index >= 15 is 0 Å². The van der Waals surface area contributed by atoms with Crippen molar-refractivity contribution in [2.75, 3.05) is 11.5 Å². The highest BCUT2D eigenvalue weighted by molar-refractivity contribution is 7.99. The van der Waals surface area contributed by atoms with Crippen LogP contribution in [0.4, 0.5) is 5.69 Å². The topological polar surface area (TPSA) is 55.1 Å². The molecule has 3 N–H and O–H groups in total. The molecule has 1 aliphatic rings. The predicted molar refractivity (Wildman–Crippen MR) is 82.3 cm³/mol. The highest BCUT2D eigenvalue weighted by Gasteiger charge is 2.28. The van der Waals surface area contributed by atoms with Crippen molar-refractivity contribution in [1.82, 2.24) is 5.32 Å². The lowest BCUT2D eigenvalue weighted by molar-refractivity contribution is -0.121. The molecule has 0 radical (unpaired) electrons. The van der Waals surface area contributed by atoms with Crippen LogP contribution in [0.25, 0.3) is 0 Å². The Balaban J connectivity index is 1.85. The van der Waals surface area contributed by atoms with Crippen molar-refractivity contribution in [3.8, 4) is 0 Å². The number of amides is 1. The molecule has 2 atom stereocenters. The van der Waals surface area contributed by atoms with Gasteiger partial charge in [0.25, 0.3) is 0 Å². The standard InChI is InChI=1S/C15H22N2OS/c1-2-19-14-5-3-4-13(14)17-15(18)10-11-6-8-12(16)9-7-11/h6-9,13-14H,2-5,10,16H2,1H3,(H,17,18). The molecule has 1 saturated carbocycles. The average Bonchev–Trinajstić information content (AvgIpc) is 2.80. The Morgan fingerprint density at radius 3 is 2.79 bits per heavy atom.